The summed E-state index contributed by atoms with van der Waals surface area (Å²) in [6, 6.07) is 7.94. The number of aryl methyl sites for hydroxylation is 3. The second-order valence-corrected chi connectivity index (χ2v) is 6.92. The van der Waals surface area contributed by atoms with E-state index in [1.165, 1.54) is 25.0 Å². The van der Waals surface area contributed by atoms with Gasteiger partial charge in [-0.2, -0.15) is 0 Å². The summed E-state index contributed by atoms with van der Waals surface area (Å²) in [7, 11) is 1.64. The molecule has 1 aromatic carbocycles. The summed E-state index contributed by atoms with van der Waals surface area (Å²) in [6.45, 7) is 4.42. The molecule has 122 valence electrons. The van der Waals surface area contributed by atoms with Crippen molar-refractivity contribution in [2.24, 2.45) is 7.05 Å². The highest BCUT2D eigenvalue weighted by Gasteiger charge is 2.16. The van der Waals surface area contributed by atoms with Crippen LogP contribution in [0.2, 0.25) is 0 Å². The molecule has 0 saturated carbocycles. The van der Waals surface area contributed by atoms with Crippen LogP contribution in [0, 0.1) is 13.8 Å². The normalized spacial score (nSPS) is 11.6. The third kappa shape index (κ3) is 2.05. The van der Waals surface area contributed by atoms with Gasteiger partial charge in [0.25, 0.3) is 5.56 Å². The van der Waals surface area contributed by atoms with Gasteiger partial charge in [-0.05, 0) is 36.4 Å². The lowest BCUT2D eigenvalue weighted by Gasteiger charge is -2.06. The van der Waals surface area contributed by atoms with Gasteiger partial charge in [0.2, 0.25) is 5.78 Å². The van der Waals surface area contributed by atoms with Crippen LogP contribution in [0.15, 0.2) is 39.2 Å². The first-order chi connectivity index (χ1) is 11.5. The highest BCUT2D eigenvalue weighted by atomic mass is 32.1. The number of thiophene rings is 1. The van der Waals surface area contributed by atoms with Gasteiger partial charge < -0.3 is 0 Å². The number of nitrogens with zero attached hydrogens (tertiary/aromatic N) is 4. The van der Waals surface area contributed by atoms with Gasteiger partial charge in [0.15, 0.2) is 0 Å². The summed E-state index contributed by atoms with van der Waals surface area (Å²) >= 11 is 1.34. The van der Waals surface area contributed by atoms with E-state index in [0.29, 0.717) is 22.5 Å². The first-order valence-electron chi connectivity index (χ1n) is 7.59. The second kappa shape index (κ2) is 5.17. The molecule has 4 aromatic rings. The van der Waals surface area contributed by atoms with Crippen LogP contribution >= 0.6 is 11.3 Å². The molecule has 3 heterocycles. The quantitative estimate of drug-likeness (QED) is 0.561. The van der Waals surface area contributed by atoms with E-state index in [0.717, 1.165) is 16.7 Å². The SMILES string of the molecule is Cc1ccc(C)c(Cn2nc3n(C)c(=O)c4sccc4n3c2=O)c1. The number of fused-ring (bicyclic) bond motifs is 3. The van der Waals surface area contributed by atoms with Crippen LogP contribution in [0.1, 0.15) is 16.7 Å². The van der Waals surface area contributed by atoms with Gasteiger partial charge in [-0.3, -0.25) is 9.36 Å². The van der Waals surface area contributed by atoms with Crippen molar-refractivity contribution in [3.63, 3.8) is 0 Å². The van der Waals surface area contributed by atoms with Crippen LogP contribution in [0.4, 0.5) is 0 Å². The number of hydrogen-bond acceptors (Lipinski definition) is 4. The third-order valence-electron chi connectivity index (χ3n) is 4.33. The summed E-state index contributed by atoms with van der Waals surface area (Å²) < 4.78 is 4.93. The largest absolute Gasteiger partial charge is 0.352 e. The van der Waals surface area contributed by atoms with Crippen molar-refractivity contribution in [1.29, 1.82) is 0 Å². The smallest absolute Gasteiger partial charge is 0.279 e. The molecule has 0 aliphatic carbocycles. The van der Waals surface area contributed by atoms with Crippen LogP contribution in [0.25, 0.3) is 16.0 Å². The number of hydrogen-bond donors (Lipinski definition) is 0. The molecular formula is C17H16N4O2S. The fraction of sp³-hybridized carbons (Fsp3) is 0.235. The number of benzene rings is 1. The Morgan fingerprint density at radius 1 is 1.17 bits per heavy atom. The molecule has 6 nitrogen and oxygen atoms in total. The van der Waals surface area contributed by atoms with Gasteiger partial charge in [-0.25, -0.2) is 13.9 Å². The second-order valence-electron chi connectivity index (χ2n) is 6.00. The van der Waals surface area contributed by atoms with Crippen molar-refractivity contribution in [2.75, 3.05) is 0 Å². The molecule has 0 unspecified atom stereocenters. The molecule has 0 N–H and O–H groups in total. The molecule has 24 heavy (non-hydrogen) atoms. The minimum atomic E-state index is -0.232. The van der Waals surface area contributed by atoms with E-state index in [2.05, 4.69) is 11.2 Å². The van der Waals surface area contributed by atoms with Gasteiger partial charge >= 0.3 is 5.69 Å². The van der Waals surface area contributed by atoms with Crippen LogP contribution in [0.5, 0.6) is 0 Å². The Morgan fingerprint density at radius 3 is 2.75 bits per heavy atom. The zero-order chi connectivity index (χ0) is 17.0. The zero-order valence-electron chi connectivity index (χ0n) is 13.6. The van der Waals surface area contributed by atoms with Gasteiger partial charge in [0.1, 0.15) is 4.70 Å². The highest BCUT2D eigenvalue weighted by molar-refractivity contribution is 7.17. The van der Waals surface area contributed by atoms with Crippen molar-refractivity contribution < 1.29 is 0 Å². The monoisotopic (exact) mass is 340 g/mol. The number of rotatable bonds is 2. The maximum absolute atomic E-state index is 12.9. The van der Waals surface area contributed by atoms with Crippen LogP contribution in [-0.2, 0) is 13.6 Å². The summed E-state index contributed by atoms with van der Waals surface area (Å²) in [5.41, 5.74) is 3.56. The summed E-state index contributed by atoms with van der Waals surface area (Å²) in [6.07, 6.45) is 0. The van der Waals surface area contributed by atoms with E-state index in [9.17, 15) is 9.59 Å². The van der Waals surface area contributed by atoms with Gasteiger partial charge in [-0.1, -0.05) is 23.8 Å². The highest BCUT2D eigenvalue weighted by Crippen LogP contribution is 2.17. The Morgan fingerprint density at radius 2 is 1.96 bits per heavy atom. The summed E-state index contributed by atoms with van der Waals surface area (Å²) in [4.78, 5) is 25.2. The van der Waals surface area contributed by atoms with Crippen molar-refractivity contribution in [3.05, 3.63) is 67.2 Å². The van der Waals surface area contributed by atoms with E-state index in [-0.39, 0.29) is 11.2 Å². The molecule has 4 rings (SSSR count). The van der Waals surface area contributed by atoms with Crippen LogP contribution < -0.4 is 11.2 Å². The fourth-order valence-electron chi connectivity index (χ4n) is 2.94. The summed E-state index contributed by atoms with van der Waals surface area (Å²) in [5, 5.41) is 6.22. The van der Waals surface area contributed by atoms with Gasteiger partial charge in [-0.15, -0.1) is 16.4 Å². The maximum Gasteiger partial charge on any atom is 0.352 e. The Labute approximate surface area is 141 Å². The molecule has 3 aromatic heterocycles. The van der Waals surface area contributed by atoms with E-state index in [1.807, 2.05) is 31.4 Å². The Hall–Kier alpha value is -2.67. The third-order valence-corrected chi connectivity index (χ3v) is 5.22. The topological polar surface area (TPSA) is 61.3 Å². The van der Waals surface area contributed by atoms with Crippen LogP contribution in [0.3, 0.4) is 0 Å². The van der Waals surface area contributed by atoms with Crippen molar-refractivity contribution in [3.8, 4) is 0 Å². The maximum atomic E-state index is 12.9. The van der Waals surface area contributed by atoms with E-state index < -0.39 is 0 Å². The molecule has 0 fully saturated rings. The standard InChI is InChI=1S/C17H16N4O2S/c1-10-4-5-11(2)12(8-10)9-20-17(23)21-13-6-7-24-14(13)15(22)19(3)16(21)18-20/h4-8H,9H2,1-3H3. The zero-order valence-corrected chi connectivity index (χ0v) is 14.4. The van der Waals surface area contributed by atoms with E-state index in [1.54, 1.807) is 13.1 Å². The molecule has 7 heteroatoms. The van der Waals surface area contributed by atoms with Gasteiger partial charge in [0, 0.05) is 7.05 Å². The van der Waals surface area contributed by atoms with E-state index in [4.69, 9.17) is 0 Å². The van der Waals surface area contributed by atoms with Crippen molar-refractivity contribution >= 4 is 27.3 Å². The lowest BCUT2D eigenvalue weighted by molar-refractivity contribution is 0.654. The molecule has 0 aliphatic heterocycles. The summed E-state index contributed by atoms with van der Waals surface area (Å²) in [5.74, 6) is 0.362. The molecule has 0 bridgehead atoms. The predicted octanol–water partition coefficient (Wildman–Crippen LogP) is 2.07. The molecule has 0 amide bonds. The minimum absolute atomic E-state index is 0.128. The average molecular weight is 340 g/mol. The molecule has 0 atom stereocenters. The predicted molar refractivity (Wildman–Crippen MR) is 95.1 cm³/mol. The average Bonchev–Trinajstić information content (AvgIpc) is 3.14. The Bertz CT molecular complexity index is 1210. The van der Waals surface area contributed by atoms with Crippen molar-refractivity contribution in [2.45, 2.75) is 20.4 Å². The molecule has 0 saturated heterocycles. The lowest BCUT2D eigenvalue weighted by Crippen LogP contribution is -2.24. The van der Waals surface area contributed by atoms with Crippen LogP contribution in [-0.4, -0.2) is 18.7 Å². The fourth-order valence-corrected chi connectivity index (χ4v) is 3.79. The molecule has 0 spiro atoms. The lowest BCUT2D eigenvalue weighted by atomic mass is 10.1. The van der Waals surface area contributed by atoms with Gasteiger partial charge in [0.05, 0.1) is 12.1 Å². The molecular weight excluding hydrogens is 324 g/mol. The Kier molecular flexibility index (Phi) is 3.21. The number of aromatic nitrogens is 4. The molecule has 0 radical (unpaired) electrons. The molecule has 0 aliphatic rings. The van der Waals surface area contributed by atoms with E-state index >= 15 is 0 Å². The Balaban J connectivity index is 2.00. The first kappa shape index (κ1) is 14.9. The first-order valence-corrected chi connectivity index (χ1v) is 8.47. The van der Waals surface area contributed by atoms with Crippen molar-refractivity contribution in [1.82, 2.24) is 18.7 Å². The minimum Gasteiger partial charge on any atom is -0.279 e.